The molecule has 19 heavy (non-hydrogen) atoms. The summed E-state index contributed by atoms with van der Waals surface area (Å²) >= 11 is 0. The summed E-state index contributed by atoms with van der Waals surface area (Å²) < 4.78 is 0. The Balaban J connectivity index is 2.19. The topological polar surface area (TPSA) is 50.2 Å². The molecular weight excluding hydrogens is 238 g/mol. The fourth-order valence-electron chi connectivity index (χ4n) is 3.43. The van der Waals surface area contributed by atoms with Gasteiger partial charge in [-0.15, -0.1) is 0 Å². The molecule has 0 bridgehead atoms. The number of carboxylic acids is 1. The molecule has 2 rings (SSSR count). The lowest BCUT2D eigenvalue weighted by atomic mass is 9.70. The molecule has 1 N–H and O–H groups in total. The van der Waals surface area contributed by atoms with Crippen LogP contribution in [0.25, 0.3) is 0 Å². The normalized spacial score (nSPS) is 19.3. The van der Waals surface area contributed by atoms with Crippen LogP contribution in [0, 0.1) is 18.3 Å². The predicted octanol–water partition coefficient (Wildman–Crippen LogP) is 3.60. The molecule has 1 aliphatic rings. The van der Waals surface area contributed by atoms with Crippen molar-refractivity contribution >= 4 is 5.97 Å². The molecule has 104 valence electrons. The molecule has 1 heterocycles. The highest BCUT2D eigenvalue weighted by Gasteiger charge is 2.38. The second-order valence-electron chi connectivity index (χ2n) is 6.15. The van der Waals surface area contributed by atoms with Gasteiger partial charge >= 0.3 is 5.97 Å². The average molecular weight is 261 g/mol. The van der Waals surface area contributed by atoms with E-state index in [1.165, 1.54) is 12.8 Å². The van der Waals surface area contributed by atoms with E-state index in [9.17, 15) is 9.90 Å². The average Bonchev–Trinajstić information content (AvgIpc) is 2.81. The molecule has 1 aliphatic carbocycles. The van der Waals surface area contributed by atoms with E-state index in [0.717, 1.165) is 30.7 Å². The first-order valence-corrected chi connectivity index (χ1v) is 7.14. The summed E-state index contributed by atoms with van der Waals surface area (Å²) in [7, 11) is 0. The minimum absolute atomic E-state index is 0.164. The number of aryl methyl sites for hydroxylation is 1. The summed E-state index contributed by atoms with van der Waals surface area (Å²) in [6.45, 7) is 4.11. The first-order chi connectivity index (χ1) is 8.99. The van der Waals surface area contributed by atoms with E-state index in [2.05, 4.69) is 11.9 Å². The molecule has 0 saturated heterocycles. The third-order valence-corrected chi connectivity index (χ3v) is 4.43. The SMILES string of the molecule is Cc1cccc(CC(C)(CC(=O)O)C2CCCC2)n1. The summed E-state index contributed by atoms with van der Waals surface area (Å²) in [6.07, 6.45) is 5.81. The zero-order valence-electron chi connectivity index (χ0n) is 11.9. The Labute approximate surface area is 115 Å². The minimum atomic E-state index is -0.693. The molecule has 3 nitrogen and oxygen atoms in total. The second kappa shape index (κ2) is 5.72. The molecule has 0 radical (unpaired) electrons. The molecular formula is C16H23NO2. The number of hydrogen-bond acceptors (Lipinski definition) is 2. The Morgan fingerprint density at radius 2 is 2.11 bits per heavy atom. The van der Waals surface area contributed by atoms with Crippen molar-refractivity contribution in [3.05, 3.63) is 29.6 Å². The largest absolute Gasteiger partial charge is 0.481 e. The first-order valence-electron chi connectivity index (χ1n) is 7.14. The molecule has 0 aliphatic heterocycles. The fourth-order valence-corrected chi connectivity index (χ4v) is 3.43. The van der Waals surface area contributed by atoms with Crippen molar-refractivity contribution in [3.63, 3.8) is 0 Å². The van der Waals surface area contributed by atoms with E-state index in [1.807, 2.05) is 25.1 Å². The minimum Gasteiger partial charge on any atom is -0.481 e. The number of nitrogens with zero attached hydrogens (tertiary/aromatic N) is 1. The molecule has 1 aromatic heterocycles. The molecule has 1 saturated carbocycles. The van der Waals surface area contributed by atoms with E-state index in [-0.39, 0.29) is 11.8 Å². The smallest absolute Gasteiger partial charge is 0.303 e. The van der Waals surface area contributed by atoms with Gasteiger partial charge in [-0.05, 0) is 49.7 Å². The Bertz CT molecular complexity index is 452. The van der Waals surface area contributed by atoms with Gasteiger partial charge in [0.15, 0.2) is 0 Å². The third-order valence-electron chi connectivity index (χ3n) is 4.43. The quantitative estimate of drug-likeness (QED) is 0.881. The maximum atomic E-state index is 11.2. The van der Waals surface area contributed by atoms with Crippen LogP contribution in [0.4, 0.5) is 0 Å². The fraction of sp³-hybridized carbons (Fsp3) is 0.625. The van der Waals surface area contributed by atoms with Gasteiger partial charge in [-0.25, -0.2) is 0 Å². The summed E-state index contributed by atoms with van der Waals surface area (Å²) in [5.74, 6) is -0.173. The summed E-state index contributed by atoms with van der Waals surface area (Å²) in [5, 5.41) is 9.22. The van der Waals surface area contributed by atoms with Crippen molar-refractivity contribution in [1.29, 1.82) is 0 Å². The van der Waals surface area contributed by atoms with E-state index in [0.29, 0.717) is 5.92 Å². The Morgan fingerprint density at radius 3 is 2.68 bits per heavy atom. The van der Waals surface area contributed by atoms with Crippen LogP contribution in [-0.2, 0) is 11.2 Å². The van der Waals surface area contributed by atoms with Gasteiger partial charge in [-0.2, -0.15) is 0 Å². The number of carboxylic acid groups (broad SMARTS) is 1. The van der Waals surface area contributed by atoms with Crippen molar-refractivity contribution in [2.24, 2.45) is 11.3 Å². The van der Waals surface area contributed by atoms with Crippen LogP contribution < -0.4 is 0 Å². The van der Waals surface area contributed by atoms with Gasteiger partial charge in [-0.3, -0.25) is 9.78 Å². The summed E-state index contributed by atoms with van der Waals surface area (Å²) in [6, 6.07) is 6.00. The van der Waals surface area contributed by atoms with Crippen LogP contribution in [0.15, 0.2) is 18.2 Å². The van der Waals surface area contributed by atoms with Gasteiger partial charge in [0.25, 0.3) is 0 Å². The third kappa shape index (κ3) is 3.55. The Hall–Kier alpha value is -1.38. The van der Waals surface area contributed by atoms with Crippen LogP contribution in [0.3, 0.4) is 0 Å². The number of aliphatic carboxylic acids is 1. The molecule has 3 heteroatoms. The van der Waals surface area contributed by atoms with Crippen molar-refractivity contribution in [2.75, 3.05) is 0 Å². The lowest BCUT2D eigenvalue weighted by Gasteiger charge is -2.34. The predicted molar refractivity (Wildman–Crippen MR) is 75.0 cm³/mol. The van der Waals surface area contributed by atoms with Gasteiger partial charge in [0.05, 0.1) is 6.42 Å². The van der Waals surface area contributed by atoms with Gasteiger partial charge in [0.2, 0.25) is 0 Å². The lowest BCUT2D eigenvalue weighted by molar-refractivity contribution is -0.140. The van der Waals surface area contributed by atoms with Gasteiger partial charge < -0.3 is 5.11 Å². The summed E-state index contributed by atoms with van der Waals surface area (Å²) in [4.78, 5) is 15.8. The monoisotopic (exact) mass is 261 g/mol. The van der Waals surface area contributed by atoms with Crippen LogP contribution in [0.2, 0.25) is 0 Å². The summed E-state index contributed by atoms with van der Waals surface area (Å²) in [5.41, 5.74) is 1.86. The van der Waals surface area contributed by atoms with Crippen molar-refractivity contribution in [3.8, 4) is 0 Å². The number of carbonyl (C=O) groups is 1. The van der Waals surface area contributed by atoms with Crippen LogP contribution in [0.1, 0.15) is 50.4 Å². The standard InChI is InChI=1S/C16H23NO2/c1-12-6-5-9-14(17-12)10-16(2,11-15(18)19)13-7-3-4-8-13/h5-6,9,13H,3-4,7-8,10-11H2,1-2H3,(H,18,19). The molecule has 0 aromatic carbocycles. The number of rotatable bonds is 5. The van der Waals surface area contributed by atoms with Crippen molar-refractivity contribution in [2.45, 2.75) is 52.4 Å². The highest BCUT2D eigenvalue weighted by molar-refractivity contribution is 5.67. The van der Waals surface area contributed by atoms with Crippen LogP contribution >= 0.6 is 0 Å². The van der Waals surface area contributed by atoms with Gasteiger partial charge in [0, 0.05) is 11.4 Å². The number of hydrogen-bond donors (Lipinski definition) is 1. The van der Waals surface area contributed by atoms with Crippen LogP contribution in [-0.4, -0.2) is 16.1 Å². The Morgan fingerprint density at radius 1 is 1.42 bits per heavy atom. The molecule has 0 amide bonds. The molecule has 1 fully saturated rings. The molecule has 1 unspecified atom stereocenters. The molecule has 1 atom stereocenters. The van der Waals surface area contributed by atoms with E-state index in [1.54, 1.807) is 0 Å². The number of aromatic nitrogens is 1. The van der Waals surface area contributed by atoms with Gasteiger partial charge in [-0.1, -0.05) is 25.8 Å². The zero-order chi connectivity index (χ0) is 13.9. The van der Waals surface area contributed by atoms with E-state index in [4.69, 9.17) is 0 Å². The molecule has 1 aromatic rings. The Kier molecular flexibility index (Phi) is 4.23. The second-order valence-corrected chi connectivity index (χ2v) is 6.15. The maximum absolute atomic E-state index is 11.2. The van der Waals surface area contributed by atoms with Crippen LogP contribution in [0.5, 0.6) is 0 Å². The zero-order valence-corrected chi connectivity index (χ0v) is 11.9. The van der Waals surface area contributed by atoms with Gasteiger partial charge in [0.1, 0.15) is 0 Å². The number of pyridine rings is 1. The van der Waals surface area contributed by atoms with Crippen molar-refractivity contribution in [1.82, 2.24) is 4.98 Å². The first kappa shape index (κ1) is 14.0. The highest BCUT2D eigenvalue weighted by atomic mass is 16.4. The lowest BCUT2D eigenvalue weighted by Crippen LogP contribution is -2.31. The highest BCUT2D eigenvalue weighted by Crippen LogP contribution is 2.44. The molecule has 0 spiro atoms. The van der Waals surface area contributed by atoms with Crippen molar-refractivity contribution < 1.29 is 9.90 Å². The maximum Gasteiger partial charge on any atom is 0.303 e. The van der Waals surface area contributed by atoms with E-state index >= 15 is 0 Å². The van der Waals surface area contributed by atoms with E-state index < -0.39 is 5.97 Å².